The third kappa shape index (κ3) is 3.70. The first-order chi connectivity index (χ1) is 12.0. The summed E-state index contributed by atoms with van der Waals surface area (Å²) in [5.74, 6) is 2.99. The zero-order chi connectivity index (χ0) is 17.4. The van der Waals surface area contributed by atoms with Crippen LogP contribution in [0.5, 0.6) is 0 Å². The molecule has 4 saturated carbocycles. The molecule has 4 bridgehead atoms. The molecule has 0 aromatic heterocycles. The molecule has 0 saturated heterocycles. The van der Waals surface area contributed by atoms with Crippen LogP contribution in [0.25, 0.3) is 0 Å². The Hall–Kier alpha value is -1.13. The van der Waals surface area contributed by atoms with Gasteiger partial charge in [-0.2, -0.15) is 0 Å². The van der Waals surface area contributed by atoms with Crippen LogP contribution < -0.4 is 10.6 Å². The van der Waals surface area contributed by atoms with Crippen molar-refractivity contribution >= 4 is 23.0 Å². The highest BCUT2D eigenvalue weighted by atomic mass is 32.1. The zero-order valence-electron chi connectivity index (χ0n) is 15.6. The Kier molecular flexibility index (Phi) is 4.76. The van der Waals surface area contributed by atoms with Crippen LogP contribution in [0, 0.1) is 17.8 Å². The summed E-state index contributed by atoms with van der Waals surface area (Å²) in [6.45, 7) is 1.84. The summed E-state index contributed by atoms with van der Waals surface area (Å²) in [7, 11) is 4.14. The average Bonchev–Trinajstić information content (AvgIpc) is 2.53. The summed E-state index contributed by atoms with van der Waals surface area (Å²) in [5, 5.41) is 7.30. The molecular formula is C21H31N3S. The van der Waals surface area contributed by atoms with Crippen molar-refractivity contribution in [3.8, 4) is 0 Å². The molecule has 0 unspecified atom stereocenters. The van der Waals surface area contributed by atoms with Gasteiger partial charge >= 0.3 is 0 Å². The van der Waals surface area contributed by atoms with E-state index in [4.69, 9.17) is 12.2 Å². The molecule has 0 amide bonds. The van der Waals surface area contributed by atoms with E-state index in [9.17, 15) is 0 Å². The first kappa shape index (κ1) is 17.3. The molecule has 4 aliphatic rings. The second-order valence-electron chi connectivity index (χ2n) is 8.96. The smallest absolute Gasteiger partial charge is 0.170 e. The van der Waals surface area contributed by atoms with E-state index in [1.807, 2.05) is 0 Å². The molecule has 1 aromatic rings. The number of likely N-dealkylation sites (N-methyl/N-ethyl adjacent to an activating group) is 1. The lowest BCUT2D eigenvalue weighted by Crippen LogP contribution is -2.48. The van der Waals surface area contributed by atoms with Gasteiger partial charge in [0.25, 0.3) is 0 Å². The van der Waals surface area contributed by atoms with Crippen LogP contribution in [0.2, 0.25) is 0 Å². The Labute approximate surface area is 157 Å². The minimum atomic E-state index is 0.484. The Bertz CT molecular complexity index is 587. The van der Waals surface area contributed by atoms with Gasteiger partial charge in [-0.25, -0.2) is 0 Å². The topological polar surface area (TPSA) is 27.3 Å². The van der Waals surface area contributed by atoms with E-state index in [0.717, 1.165) is 36.5 Å². The van der Waals surface area contributed by atoms with Crippen LogP contribution in [0.15, 0.2) is 24.3 Å². The van der Waals surface area contributed by atoms with Crippen molar-refractivity contribution in [1.82, 2.24) is 10.2 Å². The SMILES string of the molecule is CN(C)CCNC(=S)Nc1ccc(C23CC4CC(CC(C4)C2)C3)cc1. The molecule has 5 rings (SSSR count). The highest BCUT2D eigenvalue weighted by Gasteiger charge is 2.51. The van der Waals surface area contributed by atoms with Crippen LogP contribution in [0.4, 0.5) is 5.69 Å². The van der Waals surface area contributed by atoms with Gasteiger partial charge < -0.3 is 15.5 Å². The van der Waals surface area contributed by atoms with E-state index in [1.165, 1.54) is 38.5 Å². The van der Waals surface area contributed by atoms with Gasteiger partial charge in [0.15, 0.2) is 5.11 Å². The molecule has 4 aliphatic carbocycles. The van der Waals surface area contributed by atoms with E-state index in [0.29, 0.717) is 10.5 Å². The number of hydrogen-bond acceptors (Lipinski definition) is 2. The lowest BCUT2D eigenvalue weighted by Gasteiger charge is -2.57. The molecule has 2 N–H and O–H groups in total. The van der Waals surface area contributed by atoms with Crippen molar-refractivity contribution in [1.29, 1.82) is 0 Å². The van der Waals surface area contributed by atoms with Crippen LogP contribution in [-0.4, -0.2) is 37.2 Å². The largest absolute Gasteiger partial charge is 0.361 e. The predicted molar refractivity (Wildman–Crippen MR) is 109 cm³/mol. The number of anilines is 1. The van der Waals surface area contributed by atoms with Crippen LogP contribution in [-0.2, 0) is 5.41 Å². The van der Waals surface area contributed by atoms with Gasteiger partial charge in [-0.3, -0.25) is 0 Å². The third-order valence-corrected chi connectivity index (χ3v) is 6.88. The van der Waals surface area contributed by atoms with E-state index < -0.39 is 0 Å². The highest BCUT2D eigenvalue weighted by Crippen LogP contribution is 2.60. The van der Waals surface area contributed by atoms with Crippen LogP contribution >= 0.6 is 12.2 Å². The monoisotopic (exact) mass is 357 g/mol. The second kappa shape index (κ2) is 6.88. The van der Waals surface area contributed by atoms with Gasteiger partial charge in [0, 0.05) is 18.8 Å². The fourth-order valence-electron chi connectivity index (χ4n) is 5.94. The molecule has 0 atom stereocenters. The van der Waals surface area contributed by atoms with Crippen molar-refractivity contribution < 1.29 is 0 Å². The number of thiocarbonyl (C=S) groups is 1. The van der Waals surface area contributed by atoms with Gasteiger partial charge in [-0.15, -0.1) is 0 Å². The van der Waals surface area contributed by atoms with Crippen molar-refractivity contribution in [3.05, 3.63) is 29.8 Å². The fraction of sp³-hybridized carbons (Fsp3) is 0.667. The van der Waals surface area contributed by atoms with Gasteiger partial charge in [0.1, 0.15) is 0 Å². The summed E-state index contributed by atoms with van der Waals surface area (Å²) < 4.78 is 0. The first-order valence-corrected chi connectivity index (χ1v) is 10.2. The molecule has 1 aromatic carbocycles. The molecule has 0 aliphatic heterocycles. The Morgan fingerprint density at radius 3 is 2.12 bits per heavy atom. The maximum absolute atomic E-state index is 5.40. The molecule has 25 heavy (non-hydrogen) atoms. The number of hydrogen-bond donors (Lipinski definition) is 2. The van der Waals surface area contributed by atoms with Crippen molar-refractivity contribution in [2.24, 2.45) is 17.8 Å². The predicted octanol–water partition coefficient (Wildman–Crippen LogP) is 4.00. The van der Waals surface area contributed by atoms with Gasteiger partial charge in [-0.1, -0.05) is 12.1 Å². The molecule has 0 radical (unpaired) electrons. The minimum Gasteiger partial charge on any atom is -0.361 e. The normalized spacial score (nSPS) is 32.8. The molecule has 4 fully saturated rings. The van der Waals surface area contributed by atoms with Gasteiger partial charge in [0.2, 0.25) is 0 Å². The first-order valence-electron chi connectivity index (χ1n) is 9.82. The minimum absolute atomic E-state index is 0.484. The molecule has 4 heteroatoms. The standard InChI is InChI=1S/C21H31N3S/c1-24(2)8-7-22-20(25)23-19-5-3-18(4-6-19)21-12-15-9-16(13-21)11-17(10-15)14-21/h3-6,15-17H,7-14H2,1-2H3,(H2,22,23,25). The molecule has 0 spiro atoms. The third-order valence-electron chi connectivity index (χ3n) is 6.64. The quantitative estimate of drug-likeness (QED) is 0.779. The van der Waals surface area contributed by atoms with Crippen molar-refractivity contribution in [3.63, 3.8) is 0 Å². The van der Waals surface area contributed by atoms with E-state index in [-0.39, 0.29) is 0 Å². The molecule has 136 valence electrons. The number of nitrogens with one attached hydrogen (secondary N) is 2. The van der Waals surface area contributed by atoms with Gasteiger partial charge in [-0.05, 0) is 106 Å². The number of nitrogens with zero attached hydrogens (tertiary/aromatic N) is 1. The molecule has 3 nitrogen and oxygen atoms in total. The average molecular weight is 358 g/mol. The van der Waals surface area contributed by atoms with Crippen molar-refractivity contribution in [2.45, 2.75) is 43.9 Å². The maximum Gasteiger partial charge on any atom is 0.170 e. The summed E-state index contributed by atoms with van der Waals surface area (Å²) in [4.78, 5) is 2.15. The van der Waals surface area contributed by atoms with E-state index in [1.54, 1.807) is 5.56 Å². The second-order valence-corrected chi connectivity index (χ2v) is 9.37. The Morgan fingerprint density at radius 2 is 1.60 bits per heavy atom. The maximum atomic E-state index is 5.40. The zero-order valence-corrected chi connectivity index (χ0v) is 16.4. The molecular weight excluding hydrogens is 326 g/mol. The fourth-order valence-corrected chi connectivity index (χ4v) is 6.16. The summed E-state index contributed by atoms with van der Waals surface area (Å²) in [6, 6.07) is 9.15. The van der Waals surface area contributed by atoms with E-state index >= 15 is 0 Å². The van der Waals surface area contributed by atoms with Crippen LogP contribution in [0.3, 0.4) is 0 Å². The molecule has 0 heterocycles. The van der Waals surface area contributed by atoms with E-state index in [2.05, 4.69) is 53.9 Å². The lowest BCUT2D eigenvalue weighted by atomic mass is 9.48. The summed E-state index contributed by atoms with van der Waals surface area (Å²) >= 11 is 5.40. The van der Waals surface area contributed by atoms with Crippen molar-refractivity contribution in [2.75, 3.05) is 32.5 Å². The van der Waals surface area contributed by atoms with Gasteiger partial charge in [0.05, 0.1) is 0 Å². The number of rotatable bonds is 5. The Morgan fingerprint density at radius 1 is 1.04 bits per heavy atom. The van der Waals surface area contributed by atoms with Crippen LogP contribution in [0.1, 0.15) is 44.1 Å². The lowest BCUT2D eigenvalue weighted by molar-refractivity contribution is -0.00518. The highest BCUT2D eigenvalue weighted by molar-refractivity contribution is 7.80. The number of benzene rings is 1. The summed E-state index contributed by atoms with van der Waals surface area (Å²) in [6.07, 6.45) is 8.80. The summed E-state index contributed by atoms with van der Waals surface area (Å²) in [5.41, 5.74) is 3.15. The Balaban J connectivity index is 1.38.